The molecule has 1 atom stereocenters. The largest absolute Gasteiger partial charge is 0.343 e. The maximum Gasteiger partial charge on any atom is 0.318 e. The standard InChI is InChI=1S/C24H31N3O2/c1-3-26(4-2)23(28)21-16-11-17-27(18-21)24(29)25-22(19-12-7-5-8-13-19)20-14-9-6-10-15-20/h5-10,12-15,21-22H,3-4,11,16-18H2,1-2H3,(H,25,29). The smallest absolute Gasteiger partial charge is 0.318 e. The number of likely N-dealkylation sites (tertiary alicyclic amines) is 1. The van der Waals surface area contributed by atoms with Gasteiger partial charge >= 0.3 is 6.03 Å². The molecule has 1 N–H and O–H groups in total. The minimum atomic E-state index is -0.219. The molecule has 3 rings (SSSR count). The van der Waals surface area contributed by atoms with Gasteiger partial charge in [0.25, 0.3) is 0 Å². The molecule has 1 aliphatic rings. The van der Waals surface area contributed by atoms with E-state index in [1.165, 1.54) is 0 Å². The fraction of sp³-hybridized carbons (Fsp3) is 0.417. The second kappa shape index (κ2) is 10.1. The molecular formula is C24H31N3O2. The van der Waals surface area contributed by atoms with Gasteiger partial charge in [0.15, 0.2) is 0 Å². The Hall–Kier alpha value is -2.82. The van der Waals surface area contributed by atoms with E-state index in [2.05, 4.69) is 5.32 Å². The number of urea groups is 1. The maximum atomic E-state index is 13.1. The highest BCUT2D eigenvalue weighted by molar-refractivity contribution is 5.81. The monoisotopic (exact) mass is 393 g/mol. The van der Waals surface area contributed by atoms with Crippen LogP contribution in [0.4, 0.5) is 4.79 Å². The Bertz CT molecular complexity index is 751. The van der Waals surface area contributed by atoms with Crippen LogP contribution in [-0.2, 0) is 4.79 Å². The number of nitrogens with one attached hydrogen (secondary N) is 1. The number of nitrogens with zero attached hydrogens (tertiary/aromatic N) is 2. The minimum absolute atomic E-state index is 0.110. The molecule has 1 aliphatic heterocycles. The molecule has 1 saturated heterocycles. The first-order chi connectivity index (χ1) is 14.1. The molecule has 1 heterocycles. The van der Waals surface area contributed by atoms with Gasteiger partial charge in [0.05, 0.1) is 12.0 Å². The Kier molecular flexibility index (Phi) is 7.28. The quantitative estimate of drug-likeness (QED) is 0.804. The van der Waals surface area contributed by atoms with Crippen LogP contribution >= 0.6 is 0 Å². The number of carbonyl (C=O) groups is 2. The van der Waals surface area contributed by atoms with Crippen molar-refractivity contribution in [2.24, 2.45) is 5.92 Å². The zero-order valence-electron chi connectivity index (χ0n) is 17.4. The summed E-state index contributed by atoms with van der Waals surface area (Å²) in [5.74, 6) is 0.0523. The van der Waals surface area contributed by atoms with Gasteiger partial charge in [-0.3, -0.25) is 4.79 Å². The minimum Gasteiger partial charge on any atom is -0.343 e. The summed E-state index contributed by atoms with van der Waals surface area (Å²) < 4.78 is 0. The van der Waals surface area contributed by atoms with Crippen molar-refractivity contribution in [1.29, 1.82) is 0 Å². The molecule has 0 aliphatic carbocycles. The van der Waals surface area contributed by atoms with Crippen LogP contribution in [0.5, 0.6) is 0 Å². The van der Waals surface area contributed by atoms with Crippen molar-refractivity contribution in [2.75, 3.05) is 26.2 Å². The number of piperidine rings is 1. The number of rotatable bonds is 6. The summed E-state index contributed by atoms with van der Waals surface area (Å²) in [6, 6.07) is 19.7. The van der Waals surface area contributed by atoms with E-state index in [4.69, 9.17) is 0 Å². The van der Waals surface area contributed by atoms with Crippen LogP contribution in [0.1, 0.15) is 43.9 Å². The SMILES string of the molecule is CCN(CC)C(=O)C1CCCN(C(=O)NC(c2ccccc2)c2ccccc2)C1. The molecule has 1 unspecified atom stereocenters. The summed E-state index contributed by atoms with van der Waals surface area (Å²) in [5, 5.41) is 3.20. The second-order valence-corrected chi connectivity index (χ2v) is 7.50. The van der Waals surface area contributed by atoms with Crippen LogP contribution in [0.25, 0.3) is 0 Å². The number of benzene rings is 2. The fourth-order valence-electron chi connectivity index (χ4n) is 4.02. The highest BCUT2D eigenvalue weighted by Gasteiger charge is 2.31. The molecular weight excluding hydrogens is 362 g/mol. The Balaban J connectivity index is 1.73. The molecule has 2 aromatic carbocycles. The molecule has 2 aromatic rings. The molecule has 5 nitrogen and oxygen atoms in total. The van der Waals surface area contributed by atoms with E-state index in [1.54, 1.807) is 4.90 Å². The zero-order chi connectivity index (χ0) is 20.6. The van der Waals surface area contributed by atoms with Crippen LogP contribution in [0.15, 0.2) is 60.7 Å². The molecule has 0 bridgehead atoms. The lowest BCUT2D eigenvalue weighted by atomic mass is 9.96. The Morgan fingerprint density at radius 2 is 1.55 bits per heavy atom. The van der Waals surface area contributed by atoms with Crippen molar-refractivity contribution < 1.29 is 9.59 Å². The van der Waals surface area contributed by atoms with Gasteiger partial charge < -0.3 is 15.1 Å². The van der Waals surface area contributed by atoms with Crippen LogP contribution in [0.2, 0.25) is 0 Å². The van der Waals surface area contributed by atoms with Crippen molar-refractivity contribution in [1.82, 2.24) is 15.1 Å². The number of carbonyl (C=O) groups excluding carboxylic acids is 2. The first-order valence-electron chi connectivity index (χ1n) is 10.6. The summed E-state index contributed by atoms with van der Waals surface area (Å²) >= 11 is 0. The lowest BCUT2D eigenvalue weighted by molar-refractivity contribution is -0.136. The van der Waals surface area contributed by atoms with Crippen LogP contribution in [0.3, 0.4) is 0 Å². The van der Waals surface area contributed by atoms with E-state index in [9.17, 15) is 9.59 Å². The molecule has 5 heteroatoms. The summed E-state index contributed by atoms with van der Waals surface area (Å²) in [5.41, 5.74) is 2.08. The Morgan fingerprint density at radius 1 is 1.00 bits per heavy atom. The average molecular weight is 394 g/mol. The highest BCUT2D eigenvalue weighted by Crippen LogP contribution is 2.24. The molecule has 0 radical (unpaired) electrons. The van der Waals surface area contributed by atoms with Gasteiger partial charge in [-0.05, 0) is 37.8 Å². The third-order valence-corrected chi connectivity index (χ3v) is 5.67. The molecule has 0 spiro atoms. The fourth-order valence-corrected chi connectivity index (χ4v) is 4.02. The van der Waals surface area contributed by atoms with Gasteiger partial charge in [0.1, 0.15) is 0 Å². The summed E-state index contributed by atoms with van der Waals surface area (Å²) in [6.07, 6.45) is 1.70. The van der Waals surface area contributed by atoms with E-state index < -0.39 is 0 Å². The average Bonchev–Trinajstić information content (AvgIpc) is 2.79. The molecule has 0 saturated carbocycles. The summed E-state index contributed by atoms with van der Waals surface area (Å²) in [4.78, 5) is 29.5. The first-order valence-corrected chi connectivity index (χ1v) is 10.6. The lowest BCUT2D eigenvalue weighted by Gasteiger charge is -2.35. The van der Waals surface area contributed by atoms with Crippen molar-refractivity contribution in [3.8, 4) is 0 Å². The van der Waals surface area contributed by atoms with E-state index in [-0.39, 0.29) is 23.9 Å². The number of amides is 3. The summed E-state index contributed by atoms with van der Waals surface area (Å²) in [7, 11) is 0. The van der Waals surface area contributed by atoms with Gasteiger partial charge in [-0.1, -0.05) is 60.7 Å². The normalized spacial score (nSPS) is 16.5. The third-order valence-electron chi connectivity index (χ3n) is 5.67. The van der Waals surface area contributed by atoms with Gasteiger partial charge in [-0.2, -0.15) is 0 Å². The van der Waals surface area contributed by atoms with Crippen molar-refractivity contribution in [3.63, 3.8) is 0 Å². The predicted octanol–water partition coefficient (Wildman–Crippen LogP) is 4.07. The summed E-state index contributed by atoms with van der Waals surface area (Å²) in [6.45, 7) is 6.59. The van der Waals surface area contributed by atoms with Gasteiger partial charge in [0, 0.05) is 26.2 Å². The molecule has 0 aromatic heterocycles. The predicted molar refractivity (Wildman–Crippen MR) is 115 cm³/mol. The Morgan fingerprint density at radius 3 is 2.07 bits per heavy atom. The number of hydrogen-bond acceptors (Lipinski definition) is 2. The van der Waals surface area contributed by atoms with Gasteiger partial charge in [0.2, 0.25) is 5.91 Å². The van der Waals surface area contributed by atoms with E-state index in [1.807, 2.05) is 79.4 Å². The van der Waals surface area contributed by atoms with Crippen molar-refractivity contribution in [3.05, 3.63) is 71.8 Å². The Labute approximate surface area is 173 Å². The van der Waals surface area contributed by atoms with Crippen molar-refractivity contribution >= 4 is 11.9 Å². The first kappa shape index (κ1) is 20.9. The maximum absolute atomic E-state index is 13.1. The lowest BCUT2D eigenvalue weighted by Crippen LogP contribution is -2.50. The van der Waals surface area contributed by atoms with Crippen molar-refractivity contribution in [2.45, 2.75) is 32.7 Å². The van der Waals surface area contributed by atoms with E-state index in [0.717, 1.165) is 24.0 Å². The molecule has 3 amide bonds. The number of hydrogen-bond donors (Lipinski definition) is 1. The van der Waals surface area contributed by atoms with E-state index in [0.29, 0.717) is 26.2 Å². The molecule has 29 heavy (non-hydrogen) atoms. The molecule has 1 fully saturated rings. The van der Waals surface area contributed by atoms with Gasteiger partial charge in [-0.25, -0.2) is 4.79 Å². The van der Waals surface area contributed by atoms with Gasteiger partial charge in [-0.15, -0.1) is 0 Å². The molecule has 154 valence electrons. The van der Waals surface area contributed by atoms with Crippen LogP contribution in [0, 0.1) is 5.92 Å². The van der Waals surface area contributed by atoms with Crippen LogP contribution in [-0.4, -0.2) is 47.9 Å². The van der Waals surface area contributed by atoms with Crippen LogP contribution < -0.4 is 5.32 Å². The van der Waals surface area contributed by atoms with E-state index >= 15 is 0 Å². The topological polar surface area (TPSA) is 52.7 Å². The third kappa shape index (κ3) is 5.17. The highest BCUT2D eigenvalue weighted by atomic mass is 16.2. The second-order valence-electron chi connectivity index (χ2n) is 7.50. The zero-order valence-corrected chi connectivity index (χ0v) is 17.4.